The average Bonchev–Trinajstić information content (AvgIpc) is 3.46. The first-order valence-corrected chi connectivity index (χ1v) is 10.1. The second kappa shape index (κ2) is 7.61. The first-order chi connectivity index (χ1) is 14.2. The minimum atomic E-state index is -0.422. The lowest BCUT2D eigenvalue weighted by Crippen LogP contribution is -2.42. The van der Waals surface area contributed by atoms with E-state index < -0.39 is 6.10 Å². The van der Waals surface area contributed by atoms with E-state index in [1.807, 2.05) is 6.20 Å². The molecule has 1 aliphatic heterocycles. The van der Waals surface area contributed by atoms with Crippen LogP contribution in [0.4, 0.5) is 15.9 Å². The van der Waals surface area contributed by atoms with Crippen LogP contribution in [0.3, 0.4) is 0 Å². The van der Waals surface area contributed by atoms with Crippen molar-refractivity contribution in [3.05, 3.63) is 47.9 Å². The lowest BCUT2D eigenvalue weighted by molar-refractivity contribution is 0.0515. The van der Waals surface area contributed by atoms with Gasteiger partial charge in [-0.05, 0) is 49.9 Å². The van der Waals surface area contributed by atoms with E-state index in [1.165, 1.54) is 12.1 Å². The Morgan fingerprint density at radius 1 is 1.28 bits per heavy atom. The van der Waals surface area contributed by atoms with Crippen LogP contribution in [0, 0.1) is 11.7 Å². The second-order valence-corrected chi connectivity index (χ2v) is 7.86. The van der Waals surface area contributed by atoms with E-state index in [0.29, 0.717) is 36.5 Å². The number of hydrogen-bond donors (Lipinski definition) is 3. The van der Waals surface area contributed by atoms with Gasteiger partial charge in [0.25, 0.3) is 0 Å². The number of fused-ring (bicyclic) bond motifs is 1. The van der Waals surface area contributed by atoms with E-state index in [9.17, 15) is 9.50 Å². The van der Waals surface area contributed by atoms with E-state index in [-0.39, 0.29) is 11.7 Å². The first kappa shape index (κ1) is 18.3. The molecule has 29 heavy (non-hydrogen) atoms. The van der Waals surface area contributed by atoms with Gasteiger partial charge < -0.3 is 20.5 Å². The van der Waals surface area contributed by atoms with Crippen molar-refractivity contribution in [2.45, 2.75) is 31.3 Å². The number of aliphatic hydroxyl groups is 1. The molecule has 2 atom stereocenters. The van der Waals surface area contributed by atoms with Crippen molar-refractivity contribution >= 4 is 17.2 Å². The van der Waals surface area contributed by atoms with Gasteiger partial charge in [0.1, 0.15) is 11.6 Å². The standard InChI is InChI=1S/C21H24FN5O2/c22-15-2-1-3-16(8-15)25-19-9-20(29-12-14-6-7-23-11-18(14)28)26-21-17(13-4-5-13)10-24-27(19)21/h1-3,8-10,13-14,18,23,25,28H,4-7,11-12H2/t14-,18+/m1/s1. The molecule has 0 spiro atoms. The average molecular weight is 397 g/mol. The quantitative estimate of drug-likeness (QED) is 0.593. The normalized spacial score (nSPS) is 22.0. The number of piperidine rings is 1. The van der Waals surface area contributed by atoms with Gasteiger partial charge in [0.05, 0.1) is 18.9 Å². The molecule has 1 aliphatic carbocycles. The van der Waals surface area contributed by atoms with Crippen LogP contribution in [0.2, 0.25) is 0 Å². The maximum Gasteiger partial charge on any atom is 0.219 e. The number of halogens is 1. The summed E-state index contributed by atoms with van der Waals surface area (Å²) in [5.41, 5.74) is 2.50. The number of ether oxygens (including phenoxy) is 1. The van der Waals surface area contributed by atoms with Gasteiger partial charge >= 0.3 is 0 Å². The zero-order valence-electron chi connectivity index (χ0n) is 16.0. The van der Waals surface area contributed by atoms with Crippen molar-refractivity contribution in [3.8, 4) is 5.88 Å². The summed E-state index contributed by atoms with van der Waals surface area (Å²) in [6.07, 6.45) is 4.58. The maximum absolute atomic E-state index is 13.6. The Balaban J connectivity index is 1.46. The molecule has 8 heteroatoms. The summed E-state index contributed by atoms with van der Waals surface area (Å²) in [7, 11) is 0. The van der Waals surface area contributed by atoms with E-state index in [0.717, 1.165) is 37.0 Å². The Morgan fingerprint density at radius 3 is 2.97 bits per heavy atom. The molecule has 1 saturated heterocycles. The van der Waals surface area contributed by atoms with Gasteiger partial charge in [0.15, 0.2) is 5.65 Å². The summed E-state index contributed by atoms with van der Waals surface area (Å²) in [6, 6.07) is 8.07. The van der Waals surface area contributed by atoms with Crippen LogP contribution in [-0.2, 0) is 0 Å². The van der Waals surface area contributed by atoms with Crippen molar-refractivity contribution in [2.75, 3.05) is 25.0 Å². The molecule has 1 aromatic carbocycles. The molecule has 3 heterocycles. The zero-order valence-corrected chi connectivity index (χ0v) is 16.0. The number of anilines is 2. The summed E-state index contributed by atoms with van der Waals surface area (Å²) >= 11 is 0. The van der Waals surface area contributed by atoms with Gasteiger partial charge in [-0.2, -0.15) is 14.6 Å². The number of aliphatic hydroxyl groups excluding tert-OH is 1. The van der Waals surface area contributed by atoms with E-state index >= 15 is 0 Å². The molecule has 3 N–H and O–H groups in total. The molecule has 5 rings (SSSR count). The number of rotatable bonds is 6. The molecule has 7 nitrogen and oxygen atoms in total. The summed E-state index contributed by atoms with van der Waals surface area (Å²) < 4.78 is 21.4. The third-order valence-corrected chi connectivity index (χ3v) is 5.62. The monoisotopic (exact) mass is 397 g/mol. The fourth-order valence-electron chi connectivity index (χ4n) is 3.80. The van der Waals surface area contributed by atoms with Crippen molar-refractivity contribution in [1.82, 2.24) is 19.9 Å². The van der Waals surface area contributed by atoms with Crippen LogP contribution in [0.15, 0.2) is 36.5 Å². The third-order valence-electron chi connectivity index (χ3n) is 5.62. The number of β-amino-alcohol motifs (C(OH)–C–C–N with tert-alkyl or cyclic N) is 1. The second-order valence-electron chi connectivity index (χ2n) is 7.86. The van der Waals surface area contributed by atoms with Crippen molar-refractivity contribution in [3.63, 3.8) is 0 Å². The number of nitrogens with zero attached hydrogens (tertiary/aromatic N) is 3. The highest BCUT2D eigenvalue weighted by Gasteiger charge is 2.29. The van der Waals surface area contributed by atoms with Crippen LogP contribution in [0.5, 0.6) is 5.88 Å². The number of nitrogens with one attached hydrogen (secondary N) is 2. The SMILES string of the molecule is O[C@H]1CNCC[C@@H]1COc1cc(Nc2cccc(F)c2)n2ncc(C3CC3)c2n1. The summed E-state index contributed by atoms with van der Waals surface area (Å²) in [6.45, 7) is 1.86. The molecule has 0 unspecified atom stereocenters. The lowest BCUT2D eigenvalue weighted by atomic mass is 9.96. The Labute approximate surface area is 167 Å². The Bertz CT molecular complexity index is 1020. The highest BCUT2D eigenvalue weighted by Crippen LogP contribution is 2.42. The third kappa shape index (κ3) is 3.90. The predicted molar refractivity (Wildman–Crippen MR) is 107 cm³/mol. The predicted octanol–water partition coefficient (Wildman–Crippen LogP) is 2.84. The lowest BCUT2D eigenvalue weighted by Gasteiger charge is -2.28. The number of aromatic nitrogens is 3. The molecule has 0 bridgehead atoms. The van der Waals surface area contributed by atoms with E-state index in [4.69, 9.17) is 9.72 Å². The molecule has 0 amide bonds. The Hall–Kier alpha value is -2.71. The van der Waals surface area contributed by atoms with Gasteiger partial charge in [0, 0.05) is 29.8 Å². The van der Waals surface area contributed by atoms with Gasteiger partial charge in [-0.15, -0.1) is 0 Å². The smallest absolute Gasteiger partial charge is 0.219 e. The first-order valence-electron chi connectivity index (χ1n) is 10.1. The van der Waals surface area contributed by atoms with E-state index in [1.54, 1.807) is 22.7 Å². The Kier molecular flexibility index (Phi) is 4.81. The minimum Gasteiger partial charge on any atom is -0.477 e. The molecule has 152 valence electrons. The van der Waals surface area contributed by atoms with Crippen molar-refractivity contribution < 1.29 is 14.2 Å². The van der Waals surface area contributed by atoms with Crippen molar-refractivity contribution in [1.29, 1.82) is 0 Å². The minimum absolute atomic E-state index is 0.0710. The fourth-order valence-corrected chi connectivity index (χ4v) is 3.80. The fraction of sp³-hybridized carbons (Fsp3) is 0.429. The van der Waals surface area contributed by atoms with Crippen LogP contribution >= 0.6 is 0 Å². The molecule has 2 aliphatic rings. The highest BCUT2D eigenvalue weighted by molar-refractivity contribution is 5.63. The molecule has 3 aromatic rings. The largest absolute Gasteiger partial charge is 0.477 e. The van der Waals surface area contributed by atoms with Gasteiger partial charge in [-0.1, -0.05) is 6.07 Å². The summed E-state index contributed by atoms with van der Waals surface area (Å²) in [5.74, 6) is 1.39. The zero-order chi connectivity index (χ0) is 19.8. The van der Waals surface area contributed by atoms with Crippen LogP contribution in [0.25, 0.3) is 5.65 Å². The summed E-state index contributed by atoms with van der Waals surface area (Å²) in [4.78, 5) is 4.69. The number of hydrogen-bond acceptors (Lipinski definition) is 6. The number of benzene rings is 1. The van der Waals surface area contributed by atoms with Crippen molar-refractivity contribution in [2.24, 2.45) is 5.92 Å². The molecule has 1 saturated carbocycles. The highest BCUT2D eigenvalue weighted by atomic mass is 19.1. The molecule has 0 radical (unpaired) electrons. The van der Waals surface area contributed by atoms with Gasteiger partial charge in [0.2, 0.25) is 5.88 Å². The molecular weight excluding hydrogens is 373 g/mol. The molecule has 2 aromatic heterocycles. The van der Waals surface area contributed by atoms with E-state index in [2.05, 4.69) is 15.7 Å². The van der Waals surface area contributed by atoms with Gasteiger partial charge in [-0.25, -0.2) is 4.39 Å². The Morgan fingerprint density at radius 2 is 2.17 bits per heavy atom. The molecular formula is C21H24FN5O2. The van der Waals surface area contributed by atoms with Crippen LogP contribution in [0.1, 0.15) is 30.7 Å². The maximum atomic E-state index is 13.6. The van der Waals surface area contributed by atoms with Crippen LogP contribution < -0.4 is 15.4 Å². The van der Waals surface area contributed by atoms with Crippen LogP contribution in [-0.4, -0.2) is 45.5 Å². The summed E-state index contributed by atoms with van der Waals surface area (Å²) in [5, 5.41) is 21.1. The molecule has 2 fully saturated rings. The van der Waals surface area contributed by atoms with Gasteiger partial charge in [-0.3, -0.25) is 0 Å². The topological polar surface area (TPSA) is 83.7 Å².